The van der Waals surface area contributed by atoms with E-state index in [-0.39, 0.29) is 5.75 Å². The first-order valence-electron chi connectivity index (χ1n) is 5.20. The van der Waals surface area contributed by atoms with Crippen LogP contribution in [0.2, 0.25) is 0 Å². The van der Waals surface area contributed by atoms with Crippen LogP contribution in [0, 0.1) is 0 Å². The zero-order valence-corrected chi connectivity index (χ0v) is 8.87. The van der Waals surface area contributed by atoms with Gasteiger partial charge in [0.15, 0.2) is 0 Å². The van der Waals surface area contributed by atoms with Crippen molar-refractivity contribution in [1.82, 2.24) is 15.0 Å². The summed E-state index contributed by atoms with van der Waals surface area (Å²) in [5, 5.41) is 17.6. The number of nitrogens with two attached hydrogens (primary N) is 1. The summed E-state index contributed by atoms with van der Waals surface area (Å²) in [6, 6.07) is 7.14. The van der Waals surface area contributed by atoms with Gasteiger partial charge in [0.1, 0.15) is 5.75 Å². The van der Waals surface area contributed by atoms with Crippen LogP contribution >= 0.6 is 0 Å². The molecule has 5 heteroatoms. The Labute approximate surface area is 93.5 Å². The van der Waals surface area contributed by atoms with Crippen molar-refractivity contribution in [3.8, 4) is 17.0 Å². The molecule has 2 rings (SSSR count). The van der Waals surface area contributed by atoms with E-state index in [4.69, 9.17) is 5.73 Å². The first kappa shape index (κ1) is 10.6. The molecular weight excluding hydrogens is 204 g/mol. The Hall–Kier alpha value is -1.88. The summed E-state index contributed by atoms with van der Waals surface area (Å²) in [6.45, 7) is 1.32. The Kier molecular flexibility index (Phi) is 3.16. The molecule has 0 atom stereocenters. The van der Waals surface area contributed by atoms with Crippen molar-refractivity contribution in [1.29, 1.82) is 0 Å². The lowest BCUT2D eigenvalue weighted by atomic mass is 10.1. The van der Waals surface area contributed by atoms with Crippen molar-refractivity contribution in [3.63, 3.8) is 0 Å². The van der Waals surface area contributed by atoms with E-state index in [0.29, 0.717) is 13.1 Å². The van der Waals surface area contributed by atoms with Gasteiger partial charge in [-0.3, -0.25) is 0 Å². The second kappa shape index (κ2) is 4.76. The fraction of sp³-hybridized carbons (Fsp3) is 0.273. The summed E-state index contributed by atoms with van der Waals surface area (Å²) >= 11 is 0. The van der Waals surface area contributed by atoms with Crippen LogP contribution in [0.15, 0.2) is 30.5 Å². The van der Waals surface area contributed by atoms with E-state index in [2.05, 4.69) is 10.3 Å². The van der Waals surface area contributed by atoms with Crippen molar-refractivity contribution in [2.45, 2.75) is 13.0 Å². The van der Waals surface area contributed by atoms with Crippen LogP contribution in [0.3, 0.4) is 0 Å². The van der Waals surface area contributed by atoms with Gasteiger partial charge in [-0.15, -0.1) is 5.10 Å². The van der Waals surface area contributed by atoms with Gasteiger partial charge in [0, 0.05) is 12.1 Å². The van der Waals surface area contributed by atoms with Gasteiger partial charge < -0.3 is 10.8 Å². The molecule has 3 N–H and O–H groups in total. The lowest BCUT2D eigenvalue weighted by Gasteiger charge is -2.06. The van der Waals surface area contributed by atoms with E-state index in [0.717, 1.165) is 17.7 Å². The average molecular weight is 218 g/mol. The molecule has 0 radical (unpaired) electrons. The van der Waals surface area contributed by atoms with E-state index in [1.807, 2.05) is 12.1 Å². The number of hydrogen-bond acceptors (Lipinski definition) is 4. The van der Waals surface area contributed by atoms with Crippen LogP contribution in [-0.2, 0) is 6.54 Å². The molecule has 0 spiro atoms. The molecule has 2 aromatic rings. The standard InChI is InChI=1S/C11H14N4O/c12-6-3-7-15-10(8-13-14-15)9-4-1-2-5-11(9)16/h1-2,4-5,8,16H,3,6-7,12H2. The first-order chi connectivity index (χ1) is 7.83. The third-order valence-corrected chi connectivity index (χ3v) is 2.37. The zero-order chi connectivity index (χ0) is 11.4. The molecule has 5 nitrogen and oxygen atoms in total. The number of benzene rings is 1. The average Bonchev–Trinajstić information content (AvgIpc) is 2.75. The second-order valence-electron chi connectivity index (χ2n) is 3.50. The van der Waals surface area contributed by atoms with Crippen LogP contribution in [0.5, 0.6) is 5.75 Å². The van der Waals surface area contributed by atoms with E-state index in [1.54, 1.807) is 23.0 Å². The summed E-state index contributed by atoms with van der Waals surface area (Å²) in [6.07, 6.45) is 2.48. The van der Waals surface area contributed by atoms with Crippen molar-refractivity contribution < 1.29 is 5.11 Å². The predicted molar refractivity (Wildman–Crippen MR) is 60.8 cm³/mol. The summed E-state index contributed by atoms with van der Waals surface area (Å²) in [5.74, 6) is 0.235. The first-order valence-corrected chi connectivity index (χ1v) is 5.20. The molecule has 0 bridgehead atoms. The molecule has 0 aliphatic carbocycles. The summed E-state index contributed by atoms with van der Waals surface area (Å²) in [7, 11) is 0. The van der Waals surface area contributed by atoms with Gasteiger partial charge in [-0.2, -0.15) is 0 Å². The highest BCUT2D eigenvalue weighted by Gasteiger charge is 2.09. The lowest BCUT2D eigenvalue weighted by Crippen LogP contribution is -2.08. The SMILES string of the molecule is NCCCn1nncc1-c1ccccc1O. The Bertz CT molecular complexity index is 467. The number of phenols is 1. The van der Waals surface area contributed by atoms with Crippen molar-refractivity contribution >= 4 is 0 Å². The van der Waals surface area contributed by atoms with E-state index in [9.17, 15) is 5.11 Å². The van der Waals surface area contributed by atoms with E-state index in [1.165, 1.54) is 0 Å². The Balaban J connectivity index is 2.33. The zero-order valence-electron chi connectivity index (χ0n) is 8.87. The molecule has 0 unspecified atom stereocenters. The molecule has 0 aliphatic rings. The number of para-hydroxylation sites is 1. The highest BCUT2D eigenvalue weighted by atomic mass is 16.3. The lowest BCUT2D eigenvalue weighted by molar-refractivity contribution is 0.476. The summed E-state index contributed by atoms with van der Waals surface area (Å²) < 4.78 is 1.75. The minimum atomic E-state index is 0.235. The molecule has 1 aromatic heterocycles. The largest absolute Gasteiger partial charge is 0.507 e. The number of nitrogens with zero attached hydrogens (tertiary/aromatic N) is 3. The smallest absolute Gasteiger partial charge is 0.125 e. The Morgan fingerprint density at radius 2 is 2.12 bits per heavy atom. The summed E-state index contributed by atoms with van der Waals surface area (Å²) in [5.41, 5.74) is 7.00. The molecule has 0 aliphatic heterocycles. The number of rotatable bonds is 4. The van der Waals surface area contributed by atoms with Gasteiger partial charge in [-0.05, 0) is 25.1 Å². The predicted octanol–water partition coefficient (Wildman–Crippen LogP) is 0.999. The number of aryl methyl sites for hydroxylation is 1. The number of phenolic OH excluding ortho intramolecular Hbond substituents is 1. The van der Waals surface area contributed by atoms with Crippen LogP contribution < -0.4 is 5.73 Å². The Morgan fingerprint density at radius 1 is 1.31 bits per heavy atom. The van der Waals surface area contributed by atoms with Gasteiger partial charge in [0.25, 0.3) is 0 Å². The quantitative estimate of drug-likeness (QED) is 0.802. The van der Waals surface area contributed by atoms with E-state index >= 15 is 0 Å². The number of aromatic nitrogens is 3. The van der Waals surface area contributed by atoms with Crippen LogP contribution in [0.25, 0.3) is 11.3 Å². The molecule has 1 aromatic carbocycles. The molecule has 1 heterocycles. The van der Waals surface area contributed by atoms with Crippen LogP contribution in [0.4, 0.5) is 0 Å². The minimum Gasteiger partial charge on any atom is -0.507 e. The molecule has 84 valence electrons. The normalized spacial score (nSPS) is 10.6. The minimum absolute atomic E-state index is 0.235. The monoisotopic (exact) mass is 218 g/mol. The van der Waals surface area contributed by atoms with E-state index < -0.39 is 0 Å². The molecule has 0 saturated carbocycles. The van der Waals surface area contributed by atoms with Crippen molar-refractivity contribution in [2.24, 2.45) is 5.73 Å². The fourth-order valence-corrected chi connectivity index (χ4v) is 1.56. The number of hydrogen-bond donors (Lipinski definition) is 2. The van der Waals surface area contributed by atoms with Gasteiger partial charge in [-0.1, -0.05) is 17.3 Å². The van der Waals surface area contributed by atoms with Gasteiger partial charge in [0.05, 0.1) is 11.9 Å². The second-order valence-corrected chi connectivity index (χ2v) is 3.50. The van der Waals surface area contributed by atoms with Crippen molar-refractivity contribution in [3.05, 3.63) is 30.5 Å². The number of aromatic hydroxyl groups is 1. The van der Waals surface area contributed by atoms with Gasteiger partial charge in [0.2, 0.25) is 0 Å². The van der Waals surface area contributed by atoms with Crippen LogP contribution in [0.1, 0.15) is 6.42 Å². The van der Waals surface area contributed by atoms with Gasteiger partial charge >= 0.3 is 0 Å². The third-order valence-electron chi connectivity index (χ3n) is 2.37. The molecule has 0 amide bonds. The van der Waals surface area contributed by atoms with Crippen LogP contribution in [-0.4, -0.2) is 26.6 Å². The highest BCUT2D eigenvalue weighted by molar-refractivity contribution is 5.65. The molecule has 0 fully saturated rings. The Morgan fingerprint density at radius 3 is 2.88 bits per heavy atom. The fourth-order valence-electron chi connectivity index (χ4n) is 1.56. The topological polar surface area (TPSA) is 77.0 Å². The third kappa shape index (κ3) is 2.04. The maximum absolute atomic E-state index is 9.74. The maximum atomic E-state index is 9.74. The van der Waals surface area contributed by atoms with Crippen molar-refractivity contribution in [2.75, 3.05) is 6.54 Å². The summed E-state index contributed by atoms with van der Waals surface area (Å²) in [4.78, 5) is 0. The highest BCUT2D eigenvalue weighted by Crippen LogP contribution is 2.27. The molecule has 0 saturated heterocycles. The molecular formula is C11H14N4O. The maximum Gasteiger partial charge on any atom is 0.125 e. The van der Waals surface area contributed by atoms with Gasteiger partial charge in [-0.25, -0.2) is 4.68 Å². The molecule has 16 heavy (non-hydrogen) atoms.